The standard InChI is InChI=1S/C22H23N3O/c23-20-15-25(14-19(20)16-6-2-1-3-7-16)22(26)11-10-17-12-13-24-21-9-5-4-8-18(17)21/h1-9,12-13,19-20H,10-11,14-15,23H2/t19-,20+/m0/s1. The molecule has 1 fully saturated rings. The van der Waals surface area contributed by atoms with E-state index < -0.39 is 0 Å². The Hall–Kier alpha value is -2.72. The second-order valence-electron chi connectivity index (χ2n) is 6.97. The van der Waals surface area contributed by atoms with E-state index in [4.69, 9.17) is 5.73 Å². The van der Waals surface area contributed by atoms with Crippen molar-refractivity contribution in [3.05, 3.63) is 78.0 Å². The maximum atomic E-state index is 12.7. The summed E-state index contributed by atoms with van der Waals surface area (Å²) in [5, 5.41) is 1.13. The fraction of sp³-hybridized carbons (Fsp3) is 0.273. The lowest BCUT2D eigenvalue weighted by molar-refractivity contribution is -0.130. The Morgan fingerprint density at radius 3 is 2.65 bits per heavy atom. The molecule has 0 bridgehead atoms. The Labute approximate surface area is 153 Å². The highest BCUT2D eigenvalue weighted by molar-refractivity contribution is 5.83. The van der Waals surface area contributed by atoms with Crippen LogP contribution >= 0.6 is 0 Å². The van der Waals surface area contributed by atoms with Gasteiger partial charge in [0.2, 0.25) is 5.91 Å². The first kappa shape index (κ1) is 16.7. The predicted octanol–water partition coefficient (Wildman–Crippen LogP) is 3.12. The number of carbonyl (C=O) groups is 1. The molecular formula is C22H23N3O. The first-order valence-electron chi connectivity index (χ1n) is 9.13. The van der Waals surface area contributed by atoms with Gasteiger partial charge in [0.05, 0.1) is 5.52 Å². The zero-order chi connectivity index (χ0) is 17.9. The maximum Gasteiger partial charge on any atom is 0.222 e. The van der Waals surface area contributed by atoms with E-state index in [-0.39, 0.29) is 17.9 Å². The number of fused-ring (bicyclic) bond motifs is 1. The third-order valence-corrected chi connectivity index (χ3v) is 5.29. The van der Waals surface area contributed by atoms with Crippen molar-refractivity contribution in [3.8, 4) is 0 Å². The molecule has 0 saturated carbocycles. The highest BCUT2D eigenvalue weighted by Crippen LogP contribution is 2.27. The van der Waals surface area contributed by atoms with Crippen molar-refractivity contribution in [2.24, 2.45) is 5.73 Å². The molecule has 4 rings (SSSR count). The Bertz CT molecular complexity index is 904. The number of amides is 1. The molecule has 1 aliphatic heterocycles. The number of rotatable bonds is 4. The number of carbonyl (C=O) groups excluding carboxylic acids is 1. The van der Waals surface area contributed by atoms with Gasteiger partial charge >= 0.3 is 0 Å². The Morgan fingerprint density at radius 2 is 1.81 bits per heavy atom. The second-order valence-corrected chi connectivity index (χ2v) is 6.97. The number of hydrogen-bond acceptors (Lipinski definition) is 3. The lowest BCUT2D eigenvalue weighted by atomic mass is 9.95. The average Bonchev–Trinajstić information content (AvgIpc) is 3.08. The first-order chi connectivity index (χ1) is 12.7. The summed E-state index contributed by atoms with van der Waals surface area (Å²) >= 11 is 0. The number of hydrogen-bond donors (Lipinski definition) is 1. The normalized spacial score (nSPS) is 19.8. The molecule has 0 radical (unpaired) electrons. The van der Waals surface area contributed by atoms with Gasteiger partial charge in [-0.15, -0.1) is 0 Å². The van der Waals surface area contributed by atoms with Gasteiger partial charge < -0.3 is 10.6 Å². The summed E-state index contributed by atoms with van der Waals surface area (Å²) in [6.07, 6.45) is 3.05. The maximum absolute atomic E-state index is 12.7. The van der Waals surface area contributed by atoms with Crippen LogP contribution in [0.4, 0.5) is 0 Å². The van der Waals surface area contributed by atoms with Crippen LogP contribution in [0.3, 0.4) is 0 Å². The number of benzene rings is 2. The molecule has 1 amide bonds. The molecule has 1 saturated heterocycles. The summed E-state index contributed by atoms with van der Waals surface area (Å²) in [7, 11) is 0. The molecule has 2 aromatic carbocycles. The number of nitrogens with two attached hydrogens (primary N) is 1. The van der Waals surface area contributed by atoms with E-state index in [2.05, 4.69) is 23.2 Å². The molecule has 26 heavy (non-hydrogen) atoms. The van der Waals surface area contributed by atoms with Crippen molar-refractivity contribution in [2.75, 3.05) is 13.1 Å². The molecule has 132 valence electrons. The molecule has 0 spiro atoms. The van der Waals surface area contributed by atoms with Crippen LogP contribution in [-0.2, 0) is 11.2 Å². The van der Waals surface area contributed by atoms with Gasteiger partial charge in [-0.3, -0.25) is 9.78 Å². The summed E-state index contributed by atoms with van der Waals surface area (Å²) in [6.45, 7) is 1.34. The molecule has 4 nitrogen and oxygen atoms in total. The monoisotopic (exact) mass is 345 g/mol. The predicted molar refractivity (Wildman–Crippen MR) is 104 cm³/mol. The quantitative estimate of drug-likeness (QED) is 0.790. The number of aryl methyl sites for hydroxylation is 1. The van der Waals surface area contributed by atoms with Gasteiger partial charge in [0, 0.05) is 43.1 Å². The number of aromatic nitrogens is 1. The minimum absolute atomic E-state index is 0.00288. The molecule has 2 heterocycles. The average molecular weight is 345 g/mol. The largest absolute Gasteiger partial charge is 0.340 e. The Kier molecular flexibility index (Phi) is 4.67. The van der Waals surface area contributed by atoms with Gasteiger partial charge in [-0.05, 0) is 29.7 Å². The van der Waals surface area contributed by atoms with Gasteiger partial charge in [-0.25, -0.2) is 0 Å². The van der Waals surface area contributed by atoms with Crippen molar-refractivity contribution in [1.29, 1.82) is 0 Å². The second kappa shape index (κ2) is 7.26. The Balaban J connectivity index is 1.42. The fourth-order valence-corrected chi connectivity index (χ4v) is 3.86. The number of para-hydroxylation sites is 1. The third kappa shape index (κ3) is 3.33. The highest BCUT2D eigenvalue weighted by Gasteiger charge is 2.33. The highest BCUT2D eigenvalue weighted by atomic mass is 16.2. The lowest BCUT2D eigenvalue weighted by Crippen LogP contribution is -2.32. The van der Waals surface area contributed by atoms with E-state index in [0.29, 0.717) is 19.5 Å². The minimum atomic E-state index is 0.00288. The van der Waals surface area contributed by atoms with Gasteiger partial charge in [-0.2, -0.15) is 0 Å². The van der Waals surface area contributed by atoms with E-state index in [1.807, 2.05) is 53.6 Å². The third-order valence-electron chi connectivity index (χ3n) is 5.29. The van der Waals surface area contributed by atoms with E-state index in [1.165, 1.54) is 11.1 Å². The number of likely N-dealkylation sites (tertiary alicyclic amines) is 1. The molecule has 2 atom stereocenters. The van der Waals surface area contributed by atoms with Gasteiger partial charge in [-0.1, -0.05) is 48.5 Å². The summed E-state index contributed by atoms with van der Waals surface area (Å²) in [5.41, 5.74) is 9.69. The van der Waals surface area contributed by atoms with Crippen LogP contribution in [0.1, 0.15) is 23.5 Å². The smallest absolute Gasteiger partial charge is 0.222 e. The van der Waals surface area contributed by atoms with E-state index >= 15 is 0 Å². The summed E-state index contributed by atoms with van der Waals surface area (Å²) in [5.74, 6) is 0.404. The molecule has 4 heteroatoms. The zero-order valence-corrected chi connectivity index (χ0v) is 14.7. The lowest BCUT2D eigenvalue weighted by Gasteiger charge is -2.17. The topological polar surface area (TPSA) is 59.2 Å². The Morgan fingerprint density at radius 1 is 1.04 bits per heavy atom. The van der Waals surface area contributed by atoms with Crippen LogP contribution in [0.25, 0.3) is 10.9 Å². The molecule has 1 aromatic heterocycles. The van der Waals surface area contributed by atoms with Crippen LogP contribution in [0.15, 0.2) is 66.9 Å². The number of pyridine rings is 1. The molecule has 0 unspecified atom stereocenters. The van der Waals surface area contributed by atoms with Crippen LogP contribution < -0.4 is 5.73 Å². The van der Waals surface area contributed by atoms with Crippen LogP contribution in [0, 0.1) is 0 Å². The van der Waals surface area contributed by atoms with Crippen LogP contribution in [0.2, 0.25) is 0 Å². The van der Waals surface area contributed by atoms with Gasteiger partial charge in [0.15, 0.2) is 0 Å². The molecule has 3 aromatic rings. The molecule has 0 aliphatic carbocycles. The van der Waals surface area contributed by atoms with Crippen LogP contribution in [-0.4, -0.2) is 34.9 Å². The van der Waals surface area contributed by atoms with E-state index in [9.17, 15) is 4.79 Å². The van der Waals surface area contributed by atoms with Crippen LogP contribution in [0.5, 0.6) is 0 Å². The van der Waals surface area contributed by atoms with Crippen molar-refractivity contribution in [1.82, 2.24) is 9.88 Å². The number of nitrogens with zero attached hydrogens (tertiary/aromatic N) is 2. The zero-order valence-electron chi connectivity index (χ0n) is 14.7. The van der Waals surface area contributed by atoms with Crippen molar-refractivity contribution in [2.45, 2.75) is 24.8 Å². The minimum Gasteiger partial charge on any atom is -0.340 e. The van der Waals surface area contributed by atoms with Crippen molar-refractivity contribution >= 4 is 16.8 Å². The summed E-state index contributed by atoms with van der Waals surface area (Å²) in [6, 6.07) is 20.3. The van der Waals surface area contributed by atoms with E-state index in [0.717, 1.165) is 17.3 Å². The van der Waals surface area contributed by atoms with Gasteiger partial charge in [0.1, 0.15) is 0 Å². The molecular weight excluding hydrogens is 322 g/mol. The molecule has 1 aliphatic rings. The fourth-order valence-electron chi connectivity index (χ4n) is 3.86. The molecule has 2 N–H and O–H groups in total. The van der Waals surface area contributed by atoms with Crippen molar-refractivity contribution < 1.29 is 4.79 Å². The summed E-state index contributed by atoms with van der Waals surface area (Å²) < 4.78 is 0. The first-order valence-corrected chi connectivity index (χ1v) is 9.13. The van der Waals surface area contributed by atoms with E-state index in [1.54, 1.807) is 0 Å². The summed E-state index contributed by atoms with van der Waals surface area (Å²) in [4.78, 5) is 19.0. The SMILES string of the molecule is N[C@@H]1CN(C(=O)CCc2ccnc3ccccc23)C[C@H]1c1ccccc1. The van der Waals surface area contributed by atoms with Gasteiger partial charge in [0.25, 0.3) is 0 Å². The van der Waals surface area contributed by atoms with Crippen molar-refractivity contribution in [3.63, 3.8) is 0 Å².